The van der Waals surface area contributed by atoms with Crippen molar-refractivity contribution in [1.29, 1.82) is 0 Å². The van der Waals surface area contributed by atoms with E-state index in [9.17, 15) is 0 Å². The lowest BCUT2D eigenvalue weighted by Gasteiger charge is -2.23. The zero-order chi connectivity index (χ0) is 37.8. The number of nitrogens with one attached hydrogen (secondary N) is 1. The van der Waals surface area contributed by atoms with Crippen molar-refractivity contribution in [2.45, 2.75) is 39.2 Å². The minimum absolute atomic E-state index is 0.817. The van der Waals surface area contributed by atoms with Gasteiger partial charge in [-0.05, 0) is 69.9 Å². The molecule has 0 radical (unpaired) electrons. The molecule has 0 unspecified atom stereocenters. The summed E-state index contributed by atoms with van der Waals surface area (Å²) in [7, 11) is 3.61. The van der Waals surface area contributed by atoms with Gasteiger partial charge in [-0.15, -0.1) is 0 Å². The zero-order valence-corrected chi connectivity index (χ0v) is 32.2. The summed E-state index contributed by atoms with van der Waals surface area (Å²) < 4.78 is 15.7. The van der Waals surface area contributed by atoms with E-state index in [0.29, 0.717) is 0 Å². The van der Waals surface area contributed by atoms with Crippen LogP contribution in [0.5, 0.6) is 11.5 Å². The maximum atomic E-state index is 6.61. The fourth-order valence-corrected chi connectivity index (χ4v) is 9.25. The largest absolute Gasteiger partial charge is 0.495 e. The van der Waals surface area contributed by atoms with Gasteiger partial charge in [0.25, 0.3) is 0 Å². The van der Waals surface area contributed by atoms with Gasteiger partial charge in [-0.3, -0.25) is 0 Å². The molecule has 1 N–H and O–H groups in total. The van der Waals surface area contributed by atoms with Crippen LogP contribution in [0.1, 0.15) is 32.6 Å². The third-order valence-corrected chi connectivity index (χ3v) is 11.8. The van der Waals surface area contributed by atoms with Crippen molar-refractivity contribution in [2.24, 2.45) is 0 Å². The van der Waals surface area contributed by atoms with Gasteiger partial charge in [-0.1, -0.05) is 135 Å². The van der Waals surface area contributed by atoms with Crippen molar-refractivity contribution >= 4 is 65.2 Å². The van der Waals surface area contributed by atoms with Crippen LogP contribution in [-0.4, -0.2) is 23.8 Å². The van der Waals surface area contributed by atoms with Crippen molar-refractivity contribution < 1.29 is 9.47 Å². The minimum atomic E-state index is 0.817. The van der Waals surface area contributed by atoms with Gasteiger partial charge in [0.2, 0.25) is 0 Å². The molecule has 10 rings (SSSR count). The van der Waals surface area contributed by atoms with Gasteiger partial charge in [0, 0.05) is 72.5 Å². The van der Waals surface area contributed by atoms with Crippen LogP contribution >= 0.6 is 0 Å². The Labute approximate surface area is 326 Å². The highest BCUT2D eigenvalue weighted by Gasteiger charge is 2.26. The Balaban J connectivity index is 1.25. The SMILES string of the molecule is CCCCCCn1c2ccccc2c2cc(-c3cc4ccccc4c(-c4c(OC)c(-c5cccc6c5[nH]c5ccccc56)cc5ccccc45)c3OC)ccc21. The van der Waals surface area contributed by atoms with E-state index in [1.807, 2.05) is 7.11 Å². The Hall–Kier alpha value is -6.52. The molecule has 56 heavy (non-hydrogen) atoms. The van der Waals surface area contributed by atoms with E-state index >= 15 is 0 Å². The summed E-state index contributed by atoms with van der Waals surface area (Å²) in [5.74, 6) is 1.65. The molecule has 0 aliphatic heterocycles. The summed E-state index contributed by atoms with van der Waals surface area (Å²) >= 11 is 0. The number of unbranched alkanes of at least 4 members (excludes halogenated alkanes) is 3. The van der Waals surface area contributed by atoms with E-state index in [2.05, 4.69) is 162 Å². The molecule has 0 aliphatic carbocycles. The smallest absolute Gasteiger partial charge is 0.135 e. The summed E-state index contributed by atoms with van der Waals surface area (Å²) in [5.41, 5.74) is 11.1. The van der Waals surface area contributed by atoms with Gasteiger partial charge in [-0.2, -0.15) is 0 Å². The second-order valence-corrected chi connectivity index (χ2v) is 15.0. The number of benzene rings is 8. The normalized spacial score (nSPS) is 11.8. The van der Waals surface area contributed by atoms with E-state index in [-0.39, 0.29) is 0 Å². The molecule has 2 aromatic heterocycles. The average molecular weight is 729 g/mol. The van der Waals surface area contributed by atoms with Crippen molar-refractivity contribution in [3.8, 4) is 44.9 Å². The molecule has 274 valence electrons. The molecule has 0 amide bonds. The highest BCUT2D eigenvalue weighted by Crippen LogP contribution is 2.53. The predicted octanol–water partition coefficient (Wildman–Crippen LogP) is 14.3. The second-order valence-electron chi connectivity index (χ2n) is 15.0. The molecule has 2 heterocycles. The first kappa shape index (κ1) is 34.0. The molecule has 0 spiro atoms. The number of ether oxygens (including phenoxy) is 2. The summed E-state index contributed by atoms with van der Waals surface area (Å²) in [6, 6.07) is 52.8. The lowest BCUT2D eigenvalue weighted by molar-refractivity contribution is 0.413. The molecular weight excluding hydrogens is 685 g/mol. The highest BCUT2D eigenvalue weighted by atomic mass is 16.5. The van der Waals surface area contributed by atoms with E-state index < -0.39 is 0 Å². The van der Waals surface area contributed by atoms with Crippen LogP contribution in [-0.2, 0) is 6.54 Å². The van der Waals surface area contributed by atoms with Crippen LogP contribution in [0, 0.1) is 0 Å². The van der Waals surface area contributed by atoms with Gasteiger partial charge in [0.1, 0.15) is 11.5 Å². The van der Waals surface area contributed by atoms with Gasteiger partial charge in [-0.25, -0.2) is 0 Å². The molecule has 4 heteroatoms. The van der Waals surface area contributed by atoms with Crippen LogP contribution in [0.3, 0.4) is 0 Å². The van der Waals surface area contributed by atoms with Crippen LogP contribution in [0.15, 0.2) is 146 Å². The summed E-state index contributed by atoms with van der Waals surface area (Å²) in [6.45, 7) is 3.29. The van der Waals surface area contributed by atoms with Gasteiger partial charge in [0.15, 0.2) is 0 Å². The Morgan fingerprint density at radius 1 is 0.482 bits per heavy atom. The van der Waals surface area contributed by atoms with Crippen LogP contribution < -0.4 is 9.47 Å². The van der Waals surface area contributed by atoms with Crippen molar-refractivity contribution in [3.05, 3.63) is 146 Å². The number of aromatic amines is 1. The van der Waals surface area contributed by atoms with Gasteiger partial charge >= 0.3 is 0 Å². The fourth-order valence-electron chi connectivity index (χ4n) is 9.25. The number of aryl methyl sites for hydroxylation is 1. The molecule has 0 atom stereocenters. The monoisotopic (exact) mass is 728 g/mol. The maximum absolute atomic E-state index is 6.61. The summed E-state index contributed by atoms with van der Waals surface area (Å²) in [4.78, 5) is 3.75. The Morgan fingerprint density at radius 3 is 1.82 bits per heavy atom. The first-order valence-electron chi connectivity index (χ1n) is 19.9. The highest BCUT2D eigenvalue weighted by molar-refractivity contribution is 6.18. The second kappa shape index (κ2) is 14.0. The Morgan fingerprint density at radius 2 is 1.09 bits per heavy atom. The fraction of sp³-hybridized carbons (Fsp3) is 0.154. The average Bonchev–Trinajstić information content (AvgIpc) is 3.79. The van der Waals surface area contributed by atoms with E-state index in [1.54, 1.807) is 7.11 Å². The molecule has 0 saturated carbocycles. The molecular formula is C52H44N2O2. The number of hydrogen-bond acceptors (Lipinski definition) is 2. The molecule has 0 aliphatic rings. The van der Waals surface area contributed by atoms with Crippen molar-refractivity contribution in [2.75, 3.05) is 14.2 Å². The van der Waals surface area contributed by atoms with Crippen molar-refractivity contribution in [1.82, 2.24) is 9.55 Å². The molecule has 0 bridgehead atoms. The quantitative estimate of drug-likeness (QED) is 0.142. The third-order valence-electron chi connectivity index (χ3n) is 11.8. The number of methoxy groups -OCH3 is 2. The van der Waals surface area contributed by atoms with Crippen LogP contribution in [0.2, 0.25) is 0 Å². The number of hydrogen-bond donors (Lipinski definition) is 1. The molecule has 10 aromatic rings. The number of para-hydroxylation sites is 3. The van der Waals surface area contributed by atoms with E-state index in [1.165, 1.54) is 58.3 Å². The van der Waals surface area contributed by atoms with E-state index in [0.717, 1.165) is 84.0 Å². The molecule has 8 aromatic carbocycles. The lowest BCUT2D eigenvalue weighted by Crippen LogP contribution is -1.99. The summed E-state index contributed by atoms with van der Waals surface area (Å²) in [5, 5.41) is 9.45. The predicted molar refractivity (Wildman–Crippen MR) is 237 cm³/mol. The summed E-state index contributed by atoms with van der Waals surface area (Å²) in [6.07, 6.45) is 4.93. The van der Waals surface area contributed by atoms with Gasteiger partial charge < -0.3 is 19.0 Å². The first-order valence-corrected chi connectivity index (χ1v) is 19.9. The molecule has 0 saturated heterocycles. The zero-order valence-electron chi connectivity index (χ0n) is 32.2. The first-order chi connectivity index (χ1) is 27.7. The maximum Gasteiger partial charge on any atom is 0.135 e. The molecule has 0 fully saturated rings. The number of fused-ring (bicyclic) bond motifs is 8. The number of nitrogens with zero attached hydrogens (tertiary/aromatic N) is 1. The topological polar surface area (TPSA) is 39.2 Å². The van der Waals surface area contributed by atoms with Crippen LogP contribution in [0.25, 0.3) is 98.5 Å². The van der Waals surface area contributed by atoms with E-state index in [4.69, 9.17) is 9.47 Å². The minimum Gasteiger partial charge on any atom is -0.495 e. The Kier molecular flexibility index (Phi) is 8.48. The number of H-pyrrole nitrogens is 1. The van der Waals surface area contributed by atoms with Crippen molar-refractivity contribution in [3.63, 3.8) is 0 Å². The Bertz CT molecular complexity index is 3110. The third kappa shape index (κ3) is 5.35. The number of rotatable bonds is 10. The lowest BCUT2D eigenvalue weighted by atomic mass is 9.86. The number of aromatic nitrogens is 2. The van der Waals surface area contributed by atoms with Gasteiger partial charge in [0.05, 0.1) is 19.7 Å². The standard InChI is InChI=1S/C52H44N2O2/c1-4-5-6-15-29-54-46-26-14-12-22-39(46)43-31-35(27-28-47(43)54)42-30-33-17-7-9-19-36(33)48(51(42)55-2)49-37-20-10-8-18-34(37)32-44(52(49)56-3)41-24-16-23-40-38-21-11-13-25-45(38)53-50(40)41/h7-14,16-28,30-32,53H,4-6,15,29H2,1-3H3. The van der Waals surface area contributed by atoms with Crippen LogP contribution in [0.4, 0.5) is 0 Å². The molecule has 4 nitrogen and oxygen atoms in total.